The van der Waals surface area contributed by atoms with Crippen molar-refractivity contribution >= 4 is 5.91 Å². The quantitative estimate of drug-likeness (QED) is 0.745. The van der Waals surface area contributed by atoms with Crippen LogP contribution in [-0.4, -0.2) is 31.6 Å². The monoisotopic (exact) mass is 339 g/mol. The van der Waals surface area contributed by atoms with Crippen LogP contribution in [-0.2, 0) is 18.4 Å². The van der Waals surface area contributed by atoms with Crippen molar-refractivity contribution in [1.82, 2.24) is 24.9 Å². The van der Waals surface area contributed by atoms with Gasteiger partial charge in [0.15, 0.2) is 6.10 Å². The fourth-order valence-corrected chi connectivity index (χ4v) is 2.48. The van der Waals surface area contributed by atoms with Gasteiger partial charge in [-0.25, -0.2) is 4.68 Å². The zero-order valence-corrected chi connectivity index (χ0v) is 14.5. The standard InChI is InChI=1S/C18H21N5O2/c1-13-11-16(22(3)20-13)12-19-18(24)14(2)25-17-9-10-23(21-17)15-7-5-4-6-8-15/h4-11,14H,12H2,1-3H3,(H,19,24)/t14-/m0/s1. The minimum absolute atomic E-state index is 0.201. The first-order valence-electron chi connectivity index (χ1n) is 8.08. The third kappa shape index (κ3) is 4.06. The first-order valence-corrected chi connectivity index (χ1v) is 8.08. The number of nitrogens with zero attached hydrogens (tertiary/aromatic N) is 4. The van der Waals surface area contributed by atoms with Crippen LogP contribution in [0.5, 0.6) is 5.88 Å². The summed E-state index contributed by atoms with van der Waals surface area (Å²) in [5.74, 6) is 0.205. The lowest BCUT2D eigenvalue weighted by Gasteiger charge is -2.13. The SMILES string of the molecule is Cc1cc(CNC(=O)[C@H](C)Oc2ccn(-c3ccccc3)n2)n(C)n1. The van der Waals surface area contributed by atoms with Crippen LogP contribution in [0.3, 0.4) is 0 Å². The lowest BCUT2D eigenvalue weighted by molar-refractivity contribution is -0.127. The normalized spacial score (nSPS) is 12.0. The average Bonchev–Trinajstić information content (AvgIpc) is 3.19. The summed E-state index contributed by atoms with van der Waals surface area (Å²) in [4.78, 5) is 12.2. The molecule has 3 aromatic rings. The molecule has 0 aliphatic rings. The fraction of sp³-hybridized carbons (Fsp3) is 0.278. The molecule has 25 heavy (non-hydrogen) atoms. The predicted octanol–water partition coefficient (Wildman–Crippen LogP) is 2.00. The first-order chi connectivity index (χ1) is 12.0. The van der Waals surface area contributed by atoms with Gasteiger partial charge in [-0.15, -0.1) is 5.10 Å². The summed E-state index contributed by atoms with van der Waals surface area (Å²) in [6, 6.07) is 13.4. The topological polar surface area (TPSA) is 74.0 Å². The molecular formula is C18H21N5O2. The van der Waals surface area contributed by atoms with Crippen molar-refractivity contribution in [2.24, 2.45) is 7.05 Å². The third-order valence-electron chi connectivity index (χ3n) is 3.79. The van der Waals surface area contributed by atoms with E-state index >= 15 is 0 Å². The second-order valence-corrected chi connectivity index (χ2v) is 5.81. The summed E-state index contributed by atoms with van der Waals surface area (Å²) in [7, 11) is 1.85. The Morgan fingerprint density at radius 3 is 2.68 bits per heavy atom. The van der Waals surface area contributed by atoms with E-state index in [1.165, 1.54) is 0 Å². The van der Waals surface area contributed by atoms with Crippen molar-refractivity contribution in [3.8, 4) is 11.6 Å². The largest absolute Gasteiger partial charge is 0.463 e. The lowest BCUT2D eigenvalue weighted by Crippen LogP contribution is -2.36. The van der Waals surface area contributed by atoms with Gasteiger partial charge in [-0.3, -0.25) is 9.48 Å². The second-order valence-electron chi connectivity index (χ2n) is 5.81. The smallest absolute Gasteiger partial charge is 0.261 e. The van der Waals surface area contributed by atoms with Crippen molar-refractivity contribution in [3.05, 3.63) is 60.0 Å². The third-order valence-corrected chi connectivity index (χ3v) is 3.79. The van der Waals surface area contributed by atoms with Crippen LogP contribution in [0, 0.1) is 6.92 Å². The van der Waals surface area contributed by atoms with E-state index in [2.05, 4.69) is 15.5 Å². The molecule has 0 radical (unpaired) electrons. The minimum atomic E-state index is -0.645. The molecule has 0 aliphatic carbocycles. The number of hydrogen-bond acceptors (Lipinski definition) is 4. The van der Waals surface area contributed by atoms with Crippen molar-refractivity contribution in [1.29, 1.82) is 0 Å². The number of amides is 1. The molecule has 0 aliphatic heterocycles. The van der Waals surface area contributed by atoms with Gasteiger partial charge in [-0.2, -0.15) is 5.10 Å². The van der Waals surface area contributed by atoms with Crippen LogP contribution in [0.1, 0.15) is 18.3 Å². The van der Waals surface area contributed by atoms with Gasteiger partial charge < -0.3 is 10.1 Å². The Kier molecular flexibility index (Phi) is 4.83. The summed E-state index contributed by atoms with van der Waals surface area (Å²) in [6.07, 6.45) is 1.15. The van der Waals surface area contributed by atoms with E-state index in [0.717, 1.165) is 17.1 Å². The van der Waals surface area contributed by atoms with Gasteiger partial charge in [0.25, 0.3) is 5.91 Å². The highest BCUT2D eigenvalue weighted by atomic mass is 16.5. The summed E-state index contributed by atoms with van der Waals surface area (Å²) in [6.45, 7) is 4.02. The van der Waals surface area contributed by atoms with Crippen LogP contribution in [0.25, 0.3) is 5.69 Å². The number of carbonyl (C=O) groups is 1. The zero-order chi connectivity index (χ0) is 17.8. The number of para-hydroxylation sites is 1. The summed E-state index contributed by atoms with van der Waals surface area (Å²) < 4.78 is 9.10. The molecule has 0 fully saturated rings. The highest BCUT2D eigenvalue weighted by Gasteiger charge is 2.16. The lowest BCUT2D eigenvalue weighted by atomic mass is 10.3. The van der Waals surface area contributed by atoms with Gasteiger partial charge >= 0.3 is 0 Å². The maximum absolute atomic E-state index is 12.2. The molecular weight excluding hydrogens is 318 g/mol. The number of aromatic nitrogens is 4. The molecule has 1 N–H and O–H groups in total. The maximum atomic E-state index is 12.2. The van der Waals surface area contributed by atoms with E-state index in [1.54, 1.807) is 28.6 Å². The van der Waals surface area contributed by atoms with Crippen LogP contribution < -0.4 is 10.1 Å². The number of aryl methyl sites for hydroxylation is 2. The molecule has 1 amide bonds. The van der Waals surface area contributed by atoms with Crippen LogP contribution >= 0.6 is 0 Å². The minimum Gasteiger partial charge on any atom is -0.463 e. The molecule has 2 aromatic heterocycles. The predicted molar refractivity (Wildman–Crippen MR) is 93.4 cm³/mol. The molecule has 1 aromatic carbocycles. The van der Waals surface area contributed by atoms with E-state index < -0.39 is 6.10 Å². The fourth-order valence-electron chi connectivity index (χ4n) is 2.48. The Morgan fingerprint density at radius 1 is 1.24 bits per heavy atom. The van der Waals surface area contributed by atoms with E-state index in [1.807, 2.05) is 50.4 Å². The number of benzene rings is 1. The van der Waals surface area contributed by atoms with E-state index in [4.69, 9.17) is 4.74 Å². The molecule has 130 valence electrons. The Hall–Kier alpha value is -3.09. The summed E-state index contributed by atoms with van der Waals surface area (Å²) in [5.41, 5.74) is 2.79. The van der Waals surface area contributed by atoms with Crippen molar-refractivity contribution < 1.29 is 9.53 Å². The highest BCUT2D eigenvalue weighted by molar-refractivity contribution is 5.80. The van der Waals surface area contributed by atoms with Crippen molar-refractivity contribution in [2.45, 2.75) is 26.5 Å². The maximum Gasteiger partial charge on any atom is 0.261 e. The van der Waals surface area contributed by atoms with E-state index in [0.29, 0.717) is 12.4 Å². The molecule has 0 spiro atoms. The second kappa shape index (κ2) is 7.21. The van der Waals surface area contributed by atoms with Crippen LogP contribution in [0.2, 0.25) is 0 Å². The van der Waals surface area contributed by atoms with Gasteiger partial charge in [0.05, 0.1) is 23.6 Å². The molecule has 0 saturated heterocycles. The van der Waals surface area contributed by atoms with Crippen molar-refractivity contribution in [3.63, 3.8) is 0 Å². The average molecular weight is 339 g/mol. The van der Waals surface area contributed by atoms with Crippen LogP contribution in [0.4, 0.5) is 0 Å². The number of rotatable bonds is 6. The van der Waals surface area contributed by atoms with Gasteiger partial charge in [0, 0.05) is 19.3 Å². The molecule has 0 bridgehead atoms. The van der Waals surface area contributed by atoms with Gasteiger partial charge in [0.2, 0.25) is 5.88 Å². The van der Waals surface area contributed by atoms with Gasteiger partial charge in [0.1, 0.15) is 0 Å². The molecule has 2 heterocycles. The number of nitrogens with one attached hydrogen (secondary N) is 1. The molecule has 1 atom stereocenters. The molecule has 0 saturated carbocycles. The highest BCUT2D eigenvalue weighted by Crippen LogP contribution is 2.13. The zero-order valence-electron chi connectivity index (χ0n) is 14.5. The molecule has 7 heteroatoms. The summed E-state index contributed by atoms with van der Waals surface area (Å²) in [5, 5.41) is 11.4. The van der Waals surface area contributed by atoms with Gasteiger partial charge in [-0.1, -0.05) is 18.2 Å². The number of ether oxygens (including phenoxy) is 1. The Balaban J connectivity index is 1.56. The number of carbonyl (C=O) groups excluding carboxylic acids is 1. The Labute approximate surface area is 146 Å². The molecule has 0 unspecified atom stereocenters. The molecule has 7 nitrogen and oxygen atoms in total. The molecule has 3 rings (SSSR count). The van der Waals surface area contributed by atoms with E-state index in [9.17, 15) is 4.79 Å². The number of hydrogen-bond donors (Lipinski definition) is 1. The van der Waals surface area contributed by atoms with Crippen molar-refractivity contribution in [2.75, 3.05) is 0 Å². The Bertz CT molecular complexity index is 853. The van der Waals surface area contributed by atoms with E-state index in [-0.39, 0.29) is 5.91 Å². The Morgan fingerprint density at radius 2 is 2.00 bits per heavy atom. The first kappa shape index (κ1) is 16.8. The summed E-state index contributed by atoms with van der Waals surface area (Å²) >= 11 is 0. The van der Waals surface area contributed by atoms with Gasteiger partial charge in [-0.05, 0) is 32.0 Å². The van der Waals surface area contributed by atoms with Crippen LogP contribution in [0.15, 0.2) is 48.7 Å².